The first-order valence-electron chi connectivity index (χ1n) is 8.01. The fourth-order valence-electron chi connectivity index (χ4n) is 1.72. The molecule has 0 spiro atoms. The molecule has 144 valence electrons. The van der Waals surface area contributed by atoms with Crippen molar-refractivity contribution in [1.29, 1.82) is 0 Å². The van der Waals surface area contributed by atoms with Crippen molar-refractivity contribution in [2.24, 2.45) is 5.92 Å². The van der Waals surface area contributed by atoms with Gasteiger partial charge in [-0.1, -0.05) is 38.4 Å². The lowest BCUT2D eigenvalue weighted by Crippen LogP contribution is -2.39. The maximum absolute atomic E-state index is 11.9. The molecule has 1 rings (SSSR count). The van der Waals surface area contributed by atoms with E-state index in [1.165, 1.54) is 0 Å². The van der Waals surface area contributed by atoms with Crippen LogP contribution in [0.3, 0.4) is 0 Å². The Morgan fingerprint density at radius 2 is 1.96 bits per heavy atom. The van der Waals surface area contributed by atoms with E-state index in [9.17, 15) is 19.5 Å². The predicted molar refractivity (Wildman–Crippen MR) is 98.2 cm³/mol. The van der Waals surface area contributed by atoms with Crippen LogP contribution in [0.25, 0.3) is 0 Å². The molecule has 0 heterocycles. The molecule has 0 aromatic heterocycles. The van der Waals surface area contributed by atoms with E-state index < -0.39 is 29.6 Å². The minimum absolute atomic E-state index is 0.158. The molecule has 2 atom stereocenters. The summed E-state index contributed by atoms with van der Waals surface area (Å²) in [4.78, 5) is 35.3. The topological polar surface area (TPSA) is 102 Å². The molecule has 0 saturated heterocycles. The smallest absolute Gasteiger partial charge is 0.410 e. The van der Waals surface area contributed by atoms with Gasteiger partial charge in [-0.2, -0.15) is 0 Å². The van der Waals surface area contributed by atoms with Gasteiger partial charge in [0.2, 0.25) is 0 Å². The molecule has 0 fully saturated rings. The lowest BCUT2D eigenvalue weighted by Gasteiger charge is -2.21. The Labute approximate surface area is 161 Å². The van der Waals surface area contributed by atoms with E-state index in [1.54, 1.807) is 45.0 Å². The summed E-state index contributed by atoms with van der Waals surface area (Å²) in [6.07, 6.45) is -1.73. The molecule has 1 amide bonds. The molecular formula is C17H22ClNO6S. The predicted octanol–water partition coefficient (Wildman–Crippen LogP) is 3.55. The molecule has 0 aliphatic carbocycles. The van der Waals surface area contributed by atoms with Crippen LogP contribution in [0.5, 0.6) is 0 Å². The van der Waals surface area contributed by atoms with Crippen LogP contribution in [0, 0.1) is 5.92 Å². The van der Waals surface area contributed by atoms with Crippen LogP contribution in [0.4, 0.5) is 4.79 Å². The number of amides is 1. The van der Waals surface area contributed by atoms with Gasteiger partial charge >= 0.3 is 18.0 Å². The van der Waals surface area contributed by atoms with Crippen LogP contribution in [-0.2, 0) is 19.1 Å². The summed E-state index contributed by atoms with van der Waals surface area (Å²) in [6, 6.07) is 6.75. The highest BCUT2D eigenvalue weighted by Gasteiger charge is 2.24. The maximum Gasteiger partial charge on any atom is 0.410 e. The van der Waals surface area contributed by atoms with Crippen LogP contribution in [0.2, 0.25) is 5.02 Å². The zero-order valence-electron chi connectivity index (χ0n) is 14.7. The Morgan fingerprint density at radius 3 is 2.50 bits per heavy atom. The van der Waals surface area contributed by atoms with Gasteiger partial charge in [0, 0.05) is 28.8 Å². The minimum atomic E-state index is -1.09. The number of carbonyl (C=O) groups is 3. The summed E-state index contributed by atoms with van der Waals surface area (Å²) in [5, 5.41) is 11.3. The van der Waals surface area contributed by atoms with E-state index in [4.69, 9.17) is 21.1 Å². The first-order valence-corrected chi connectivity index (χ1v) is 9.27. The van der Waals surface area contributed by atoms with Gasteiger partial charge in [-0.05, 0) is 18.2 Å². The Bertz CT molecular complexity index is 639. The quantitative estimate of drug-likeness (QED) is 0.369. The molecule has 0 bridgehead atoms. The number of carboxylic acids is 1. The lowest BCUT2D eigenvalue weighted by molar-refractivity contribution is -0.174. The molecule has 0 aliphatic rings. The molecule has 1 aromatic rings. The van der Waals surface area contributed by atoms with Crippen LogP contribution in [-0.4, -0.2) is 41.2 Å². The first-order chi connectivity index (χ1) is 12.2. The number of alkyl carbamates (subject to hydrolysis) is 1. The Hall–Kier alpha value is -1.93. The molecule has 0 radical (unpaired) electrons. The Morgan fingerprint density at radius 1 is 1.27 bits per heavy atom. The summed E-state index contributed by atoms with van der Waals surface area (Å²) in [5.74, 6) is -1.82. The number of aliphatic carboxylic acids is 1. The maximum atomic E-state index is 11.9. The van der Waals surface area contributed by atoms with Gasteiger partial charge in [-0.3, -0.25) is 9.59 Å². The van der Waals surface area contributed by atoms with Crippen molar-refractivity contribution < 1.29 is 29.0 Å². The number of carboxylic acid groups (broad SMARTS) is 1. The Balaban J connectivity index is 2.60. The van der Waals surface area contributed by atoms with Crippen LogP contribution >= 0.6 is 23.4 Å². The van der Waals surface area contributed by atoms with Crippen molar-refractivity contribution >= 4 is 41.4 Å². The highest BCUT2D eigenvalue weighted by Crippen LogP contribution is 2.25. The van der Waals surface area contributed by atoms with Crippen LogP contribution < -0.4 is 5.32 Å². The standard InChI is InChI=1S/C17H22ClNO6S/c1-4-14(20)24-16(10(2)3)25-17(23)19-9-13(15(21)22)26-12-7-5-6-11(18)8-12/h5-8,10,13,16H,4,9H2,1-3H3,(H,19,23)(H,21,22)/t13-,16+/m0/s1. The van der Waals surface area contributed by atoms with Crippen molar-refractivity contribution in [2.75, 3.05) is 6.54 Å². The third-order valence-electron chi connectivity index (χ3n) is 3.09. The van der Waals surface area contributed by atoms with Crippen molar-refractivity contribution in [2.45, 2.75) is 43.6 Å². The minimum Gasteiger partial charge on any atom is -0.480 e. The summed E-state index contributed by atoms with van der Waals surface area (Å²) < 4.78 is 10.1. The van der Waals surface area contributed by atoms with E-state index >= 15 is 0 Å². The molecule has 9 heteroatoms. The molecule has 26 heavy (non-hydrogen) atoms. The van der Waals surface area contributed by atoms with Crippen molar-refractivity contribution in [3.63, 3.8) is 0 Å². The van der Waals surface area contributed by atoms with Gasteiger partial charge in [0.05, 0.1) is 0 Å². The molecule has 2 N–H and O–H groups in total. The van der Waals surface area contributed by atoms with Crippen LogP contribution in [0.15, 0.2) is 29.2 Å². The van der Waals surface area contributed by atoms with Gasteiger partial charge in [0.15, 0.2) is 0 Å². The number of rotatable bonds is 9. The third-order valence-corrected chi connectivity index (χ3v) is 4.50. The van der Waals surface area contributed by atoms with Gasteiger partial charge in [-0.15, -0.1) is 11.8 Å². The van der Waals surface area contributed by atoms with E-state index in [0.29, 0.717) is 9.92 Å². The molecule has 0 aliphatic heterocycles. The summed E-state index contributed by atoms with van der Waals surface area (Å²) >= 11 is 6.94. The molecule has 0 saturated carbocycles. The number of hydrogen-bond acceptors (Lipinski definition) is 6. The van der Waals surface area contributed by atoms with Crippen molar-refractivity contribution in [3.05, 3.63) is 29.3 Å². The molecular weight excluding hydrogens is 382 g/mol. The van der Waals surface area contributed by atoms with Crippen LogP contribution in [0.1, 0.15) is 27.2 Å². The average molecular weight is 404 g/mol. The first kappa shape index (κ1) is 22.1. The normalized spacial score (nSPS) is 13.0. The highest BCUT2D eigenvalue weighted by molar-refractivity contribution is 8.00. The zero-order valence-corrected chi connectivity index (χ0v) is 16.3. The lowest BCUT2D eigenvalue weighted by atomic mass is 10.2. The second-order valence-corrected chi connectivity index (χ2v) is 7.36. The average Bonchev–Trinajstić information content (AvgIpc) is 2.57. The van der Waals surface area contributed by atoms with Gasteiger partial charge < -0.3 is 19.9 Å². The summed E-state index contributed by atoms with van der Waals surface area (Å²) in [5.41, 5.74) is 0. The fourth-order valence-corrected chi connectivity index (χ4v) is 2.92. The monoisotopic (exact) mass is 403 g/mol. The second-order valence-electron chi connectivity index (χ2n) is 5.64. The number of halogens is 1. The fraction of sp³-hybridized carbons (Fsp3) is 0.471. The third kappa shape index (κ3) is 7.97. The largest absolute Gasteiger partial charge is 0.480 e. The van der Waals surface area contributed by atoms with E-state index in [2.05, 4.69) is 5.32 Å². The van der Waals surface area contributed by atoms with Crippen molar-refractivity contribution in [1.82, 2.24) is 5.32 Å². The van der Waals surface area contributed by atoms with Gasteiger partial charge in [-0.25, -0.2) is 4.79 Å². The number of carbonyl (C=O) groups excluding carboxylic acids is 2. The zero-order chi connectivity index (χ0) is 19.7. The number of hydrogen-bond donors (Lipinski definition) is 2. The number of ether oxygens (including phenoxy) is 2. The van der Waals surface area contributed by atoms with E-state index in [0.717, 1.165) is 11.8 Å². The number of benzene rings is 1. The van der Waals surface area contributed by atoms with Crippen molar-refractivity contribution in [3.8, 4) is 0 Å². The number of esters is 1. The molecule has 7 nitrogen and oxygen atoms in total. The van der Waals surface area contributed by atoms with E-state index in [-0.39, 0.29) is 18.9 Å². The van der Waals surface area contributed by atoms with Gasteiger partial charge in [0.1, 0.15) is 5.25 Å². The van der Waals surface area contributed by atoms with E-state index in [1.807, 2.05) is 0 Å². The molecule has 1 aromatic carbocycles. The van der Waals surface area contributed by atoms with Gasteiger partial charge in [0.25, 0.3) is 6.29 Å². The number of thioether (sulfide) groups is 1. The summed E-state index contributed by atoms with van der Waals surface area (Å²) in [6.45, 7) is 4.92. The SMILES string of the molecule is CCC(=O)O[C@H](OC(=O)NC[C@H](Sc1cccc(Cl)c1)C(=O)O)C(C)C. The second kappa shape index (κ2) is 10.9. The molecule has 0 unspecified atom stereocenters. The summed E-state index contributed by atoms with van der Waals surface area (Å²) in [7, 11) is 0. The Kier molecular flexibility index (Phi) is 9.29. The number of nitrogens with one attached hydrogen (secondary N) is 1. The highest BCUT2D eigenvalue weighted by atomic mass is 35.5.